The van der Waals surface area contributed by atoms with Crippen molar-refractivity contribution in [1.82, 2.24) is 9.88 Å². The van der Waals surface area contributed by atoms with Crippen molar-refractivity contribution in [3.05, 3.63) is 23.4 Å². The van der Waals surface area contributed by atoms with Crippen LogP contribution in [0.4, 0.5) is 0 Å². The average molecular weight is 456 g/mol. The molecule has 2 atom stereocenters. The highest BCUT2D eigenvalue weighted by atomic mass is 16.5. The Morgan fingerprint density at radius 2 is 2.00 bits per heavy atom. The largest absolute Gasteiger partial charge is 0.467 e. The van der Waals surface area contributed by atoms with Crippen LogP contribution in [0.2, 0.25) is 0 Å². The molecule has 1 aromatic rings. The van der Waals surface area contributed by atoms with Gasteiger partial charge in [-0.3, -0.25) is 9.59 Å². The normalized spacial score (nSPS) is 31.7. The second-order valence-electron chi connectivity index (χ2n) is 9.59. The Kier molecular flexibility index (Phi) is 6.74. The Bertz CT molecular complexity index is 919. The summed E-state index contributed by atoms with van der Waals surface area (Å²) in [7, 11) is 0. The number of nitrogens with zero attached hydrogens (tertiary/aromatic N) is 3. The van der Waals surface area contributed by atoms with Gasteiger partial charge >= 0.3 is 0 Å². The van der Waals surface area contributed by atoms with Crippen molar-refractivity contribution in [2.45, 2.75) is 82.5 Å². The molecule has 0 aromatic carbocycles. The molecule has 3 fully saturated rings. The van der Waals surface area contributed by atoms with Crippen LogP contribution in [0.3, 0.4) is 0 Å². The first-order valence-electron chi connectivity index (χ1n) is 12.3. The molecule has 2 unspecified atom stereocenters. The summed E-state index contributed by atoms with van der Waals surface area (Å²) < 4.78 is 17.9. The maximum Gasteiger partial charge on any atom is 0.274 e. The van der Waals surface area contributed by atoms with Crippen molar-refractivity contribution in [3.8, 4) is 5.88 Å². The summed E-state index contributed by atoms with van der Waals surface area (Å²) in [4.78, 5) is 36.7. The summed E-state index contributed by atoms with van der Waals surface area (Å²) in [6.45, 7) is 3.57. The molecule has 8 heteroatoms. The maximum atomic E-state index is 13.3. The zero-order valence-corrected chi connectivity index (χ0v) is 19.3. The van der Waals surface area contributed by atoms with Crippen LogP contribution in [0.5, 0.6) is 5.88 Å². The van der Waals surface area contributed by atoms with Crippen molar-refractivity contribution >= 4 is 17.5 Å². The Hall–Kier alpha value is -2.32. The summed E-state index contributed by atoms with van der Waals surface area (Å²) in [6.07, 6.45) is 8.42. The minimum absolute atomic E-state index is 0.0803. The van der Waals surface area contributed by atoms with E-state index in [-0.39, 0.29) is 30.6 Å². The van der Waals surface area contributed by atoms with Crippen molar-refractivity contribution in [3.63, 3.8) is 0 Å². The SMILES string of the molecule is Cc1ccnc2c1C1CCC(CC1)OCC1C(=NC(=O)C3CCCO3)CCCN1C(=O)CO2. The zero-order valence-electron chi connectivity index (χ0n) is 19.3. The quantitative estimate of drug-likeness (QED) is 0.647. The minimum Gasteiger partial charge on any atom is -0.467 e. The van der Waals surface area contributed by atoms with Crippen LogP contribution in [0.1, 0.15) is 68.4 Å². The minimum atomic E-state index is -0.455. The van der Waals surface area contributed by atoms with Crippen molar-refractivity contribution in [2.75, 3.05) is 26.4 Å². The third kappa shape index (κ3) is 4.82. The first kappa shape index (κ1) is 22.5. The summed E-state index contributed by atoms with van der Waals surface area (Å²) in [5, 5.41) is 0. The second kappa shape index (κ2) is 9.89. The lowest BCUT2D eigenvalue weighted by molar-refractivity contribution is -0.137. The molecule has 2 saturated heterocycles. The van der Waals surface area contributed by atoms with Gasteiger partial charge in [0.2, 0.25) is 5.88 Å². The molecule has 2 bridgehead atoms. The first-order valence-corrected chi connectivity index (χ1v) is 12.3. The molecule has 178 valence electrons. The number of ether oxygens (including phenoxy) is 3. The van der Waals surface area contributed by atoms with Crippen molar-refractivity contribution in [2.24, 2.45) is 4.99 Å². The summed E-state index contributed by atoms with van der Waals surface area (Å²) in [6, 6.07) is 1.67. The van der Waals surface area contributed by atoms with E-state index in [4.69, 9.17) is 14.2 Å². The molecule has 0 N–H and O–H groups in total. The third-order valence-corrected chi connectivity index (χ3v) is 7.45. The van der Waals surface area contributed by atoms with Gasteiger partial charge in [-0.15, -0.1) is 0 Å². The molecule has 8 nitrogen and oxygen atoms in total. The molecular formula is C25H33N3O5. The predicted molar refractivity (Wildman–Crippen MR) is 122 cm³/mol. The van der Waals surface area contributed by atoms with E-state index in [1.807, 2.05) is 6.07 Å². The fourth-order valence-corrected chi connectivity index (χ4v) is 5.65. The van der Waals surface area contributed by atoms with E-state index < -0.39 is 6.10 Å². The Morgan fingerprint density at radius 1 is 1.15 bits per heavy atom. The monoisotopic (exact) mass is 455 g/mol. The number of piperidine rings is 1. The fourth-order valence-electron chi connectivity index (χ4n) is 5.65. The van der Waals surface area contributed by atoms with E-state index in [0.29, 0.717) is 44.4 Å². The smallest absolute Gasteiger partial charge is 0.274 e. The topological polar surface area (TPSA) is 90.3 Å². The molecule has 1 aliphatic carbocycles. The number of fused-ring (bicyclic) bond motifs is 5. The van der Waals surface area contributed by atoms with E-state index in [1.54, 1.807) is 11.1 Å². The van der Waals surface area contributed by atoms with E-state index >= 15 is 0 Å². The fraction of sp³-hybridized carbons (Fsp3) is 0.680. The van der Waals surface area contributed by atoms with Crippen LogP contribution in [0, 0.1) is 6.92 Å². The van der Waals surface area contributed by atoms with E-state index in [1.165, 1.54) is 0 Å². The second-order valence-corrected chi connectivity index (χ2v) is 9.59. The average Bonchev–Trinajstić information content (AvgIpc) is 3.37. The van der Waals surface area contributed by atoms with Crippen LogP contribution < -0.4 is 4.74 Å². The van der Waals surface area contributed by atoms with Gasteiger partial charge in [0, 0.05) is 30.6 Å². The van der Waals surface area contributed by atoms with Gasteiger partial charge in [-0.05, 0) is 75.8 Å². The predicted octanol–water partition coefficient (Wildman–Crippen LogP) is 2.96. The Morgan fingerprint density at radius 3 is 2.79 bits per heavy atom. The highest BCUT2D eigenvalue weighted by Gasteiger charge is 2.36. The third-order valence-electron chi connectivity index (χ3n) is 7.45. The van der Waals surface area contributed by atoms with Gasteiger partial charge in [0.25, 0.3) is 11.8 Å². The zero-order chi connectivity index (χ0) is 22.8. The van der Waals surface area contributed by atoms with E-state index in [0.717, 1.165) is 55.4 Å². The van der Waals surface area contributed by atoms with Gasteiger partial charge in [-0.2, -0.15) is 0 Å². The lowest BCUT2D eigenvalue weighted by atomic mass is 9.81. The van der Waals surface area contributed by atoms with Gasteiger partial charge in [0.1, 0.15) is 6.10 Å². The highest BCUT2D eigenvalue weighted by Crippen LogP contribution is 2.39. The van der Waals surface area contributed by atoms with Crippen molar-refractivity contribution in [1.29, 1.82) is 0 Å². The molecule has 2 amide bonds. The number of carbonyl (C=O) groups is 2. The van der Waals surface area contributed by atoms with Crippen molar-refractivity contribution < 1.29 is 23.8 Å². The van der Waals surface area contributed by atoms with Gasteiger partial charge in [-0.1, -0.05) is 0 Å². The van der Waals surface area contributed by atoms with Crippen LogP contribution >= 0.6 is 0 Å². The maximum absolute atomic E-state index is 13.3. The molecule has 33 heavy (non-hydrogen) atoms. The molecule has 6 rings (SSSR count). The lowest BCUT2D eigenvalue weighted by Crippen LogP contribution is -2.53. The Balaban J connectivity index is 1.42. The number of hydrogen-bond acceptors (Lipinski definition) is 6. The molecule has 0 radical (unpaired) electrons. The van der Waals surface area contributed by atoms with E-state index in [2.05, 4.69) is 16.9 Å². The summed E-state index contributed by atoms with van der Waals surface area (Å²) >= 11 is 0. The van der Waals surface area contributed by atoms with Crippen LogP contribution in [0.25, 0.3) is 0 Å². The summed E-state index contributed by atoms with van der Waals surface area (Å²) in [5.41, 5.74) is 3.01. The molecular weight excluding hydrogens is 422 g/mol. The number of aliphatic imine (C=N–C) groups is 1. The molecule has 4 aliphatic heterocycles. The molecule has 5 heterocycles. The molecule has 1 aromatic heterocycles. The number of pyridine rings is 1. The molecule has 5 aliphatic rings. The van der Waals surface area contributed by atoms with Crippen LogP contribution in [0.15, 0.2) is 17.3 Å². The van der Waals surface area contributed by atoms with Gasteiger partial charge < -0.3 is 19.1 Å². The van der Waals surface area contributed by atoms with Gasteiger partial charge in [0.05, 0.1) is 18.8 Å². The number of rotatable bonds is 1. The summed E-state index contributed by atoms with van der Waals surface area (Å²) in [5.74, 6) is 0.586. The Labute approximate surface area is 194 Å². The number of aromatic nitrogens is 1. The van der Waals surface area contributed by atoms with Gasteiger partial charge in [0.15, 0.2) is 6.61 Å². The number of amides is 2. The number of aryl methyl sites for hydroxylation is 1. The number of hydrogen-bond donors (Lipinski definition) is 0. The number of carbonyl (C=O) groups excluding carboxylic acids is 2. The van der Waals surface area contributed by atoms with E-state index in [9.17, 15) is 9.59 Å². The van der Waals surface area contributed by atoms with Crippen LogP contribution in [-0.2, 0) is 19.1 Å². The first-order chi connectivity index (χ1) is 16.1. The highest BCUT2D eigenvalue weighted by molar-refractivity contribution is 6.02. The molecule has 0 spiro atoms. The van der Waals surface area contributed by atoms with Gasteiger partial charge in [-0.25, -0.2) is 9.98 Å². The van der Waals surface area contributed by atoms with Crippen LogP contribution in [-0.4, -0.2) is 72.0 Å². The standard InChI is InChI=1S/C25H33N3O5/c1-16-10-11-26-25-23(16)17-6-8-18(9-7-17)32-14-20-19(27-24(30)21-5-3-13-31-21)4-2-12-28(20)22(29)15-33-25/h10-11,17-18,20-21H,2-9,12-15H2,1H3. The molecule has 1 saturated carbocycles. The lowest BCUT2D eigenvalue weighted by Gasteiger charge is -2.37.